The molecule has 4 rings (SSSR count). The highest BCUT2D eigenvalue weighted by atomic mass is 16.5. The van der Waals surface area contributed by atoms with Gasteiger partial charge in [-0.05, 0) is 37.1 Å². The molecule has 1 aromatic heterocycles. The molecule has 5 heteroatoms. The third-order valence-corrected chi connectivity index (χ3v) is 6.14. The average Bonchev–Trinajstić information content (AvgIpc) is 2.71. The van der Waals surface area contributed by atoms with Crippen molar-refractivity contribution in [1.82, 2.24) is 9.88 Å². The Kier molecular flexibility index (Phi) is 5.30. The molecule has 3 heterocycles. The number of aromatic nitrogens is 1. The molecule has 0 radical (unpaired) electrons. The highest BCUT2D eigenvalue weighted by Gasteiger charge is 2.42. The van der Waals surface area contributed by atoms with E-state index < -0.39 is 0 Å². The standard InChI is InChI=1S/C22H29N3O2/c1-27-15-5-14-24-16-22(11-8-20(24)26)10-4-13-25(17-22)21-19-7-3-2-6-18(19)9-12-23-21/h2-3,6-7,9,12H,4-5,8,10-11,13-17H2,1H3/t22-/m1/s1. The third kappa shape index (κ3) is 3.79. The van der Waals surface area contributed by atoms with Crippen LogP contribution in [0.1, 0.15) is 32.1 Å². The lowest BCUT2D eigenvalue weighted by Gasteiger charge is -2.48. The van der Waals surface area contributed by atoms with Crippen molar-refractivity contribution in [3.05, 3.63) is 36.5 Å². The van der Waals surface area contributed by atoms with Crippen LogP contribution in [0.25, 0.3) is 10.8 Å². The smallest absolute Gasteiger partial charge is 0.222 e. The predicted molar refractivity (Wildman–Crippen MR) is 108 cm³/mol. The van der Waals surface area contributed by atoms with Gasteiger partial charge in [-0.3, -0.25) is 4.79 Å². The Labute approximate surface area is 161 Å². The summed E-state index contributed by atoms with van der Waals surface area (Å²) in [7, 11) is 1.72. The van der Waals surface area contributed by atoms with Crippen molar-refractivity contribution < 1.29 is 9.53 Å². The molecule has 2 aromatic rings. The number of pyridine rings is 1. The van der Waals surface area contributed by atoms with Crippen molar-refractivity contribution in [2.75, 3.05) is 44.8 Å². The van der Waals surface area contributed by atoms with Gasteiger partial charge in [0.15, 0.2) is 0 Å². The molecule has 1 aromatic carbocycles. The fourth-order valence-electron chi connectivity index (χ4n) is 4.78. The number of benzene rings is 1. The van der Waals surface area contributed by atoms with Crippen LogP contribution < -0.4 is 4.90 Å². The van der Waals surface area contributed by atoms with Crippen LogP contribution in [0.15, 0.2) is 36.5 Å². The number of ether oxygens (including phenoxy) is 1. The van der Waals surface area contributed by atoms with Gasteiger partial charge in [-0.1, -0.05) is 24.3 Å². The molecule has 2 aliphatic heterocycles. The Bertz CT molecular complexity index is 804. The van der Waals surface area contributed by atoms with Crippen molar-refractivity contribution in [1.29, 1.82) is 0 Å². The summed E-state index contributed by atoms with van der Waals surface area (Å²) in [5, 5.41) is 2.46. The number of fused-ring (bicyclic) bond motifs is 1. The summed E-state index contributed by atoms with van der Waals surface area (Å²) in [5.74, 6) is 1.40. The number of anilines is 1. The largest absolute Gasteiger partial charge is 0.385 e. The van der Waals surface area contributed by atoms with Crippen molar-refractivity contribution in [2.24, 2.45) is 5.41 Å². The van der Waals surface area contributed by atoms with Gasteiger partial charge in [0.05, 0.1) is 0 Å². The maximum absolute atomic E-state index is 12.4. The van der Waals surface area contributed by atoms with Crippen LogP contribution in [0.3, 0.4) is 0 Å². The molecule has 0 saturated carbocycles. The summed E-state index contributed by atoms with van der Waals surface area (Å²) < 4.78 is 5.17. The lowest BCUT2D eigenvalue weighted by atomic mass is 9.73. The van der Waals surface area contributed by atoms with E-state index in [-0.39, 0.29) is 5.41 Å². The van der Waals surface area contributed by atoms with Gasteiger partial charge in [0.25, 0.3) is 0 Å². The molecule has 5 nitrogen and oxygen atoms in total. The number of nitrogens with zero attached hydrogens (tertiary/aromatic N) is 3. The van der Waals surface area contributed by atoms with Crippen LogP contribution in [0, 0.1) is 5.41 Å². The van der Waals surface area contributed by atoms with Gasteiger partial charge in [-0.15, -0.1) is 0 Å². The van der Waals surface area contributed by atoms with Gasteiger partial charge in [-0.25, -0.2) is 4.98 Å². The van der Waals surface area contributed by atoms with E-state index in [9.17, 15) is 4.79 Å². The number of carbonyl (C=O) groups is 1. The minimum absolute atomic E-state index is 0.192. The predicted octanol–water partition coefficient (Wildman–Crippen LogP) is 3.48. The SMILES string of the molecule is COCCCN1C[C@@]2(CCCN(c3nccc4ccccc34)C2)CCC1=O. The molecule has 0 bridgehead atoms. The number of rotatable bonds is 5. The van der Waals surface area contributed by atoms with Gasteiger partial charge >= 0.3 is 0 Å². The van der Waals surface area contributed by atoms with Crippen molar-refractivity contribution in [3.63, 3.8) is 0 Å². The van der Waals surface area contributed by atoms with Gasteiger partial charge in [-0.2, -0.15) is 0 Å². The molecule has 2 fully saturated rings. The number of likely N-dealkylation sites (tertiary alicyclic amines) is 1. The number of carbonyl (C=O) groups excluding carboxylic acids is 1. The fourth-order valence-corrected chi connectivity index (χ4v) is 4.78. The maximum atomic E-state index is 12.4. The molecule has 27 heavy (non-hydrogen) atoms. The van der Waals surface area contributed by atoms with Gasteiger partial charge < -0.3 is 14.5 Å². The molecule has 144 valence electrons. The van der Waals surface area contributed by atoms with E-state index in [4.69, 9.17) is 9.72 Å². The van der Waals surface area contributed by atoms with E-state index in [0.29, 0.717) is 18.9 Å². The topological polar surface area (TPSA) is 45.7 Å². The van der Waals surface area contributed by atoms with Crippen LogP contribution in [0.5, 0.6) is 0 Å². The Morgan fingerprint density at radius 1 is 1.19 bits per heavy atom. The molecule has 1 spiro atoms. The zero-order chi connectivity index (χ0) is 18.7. The molecule has 1 amide bonds. The van der Waals surface area contributed by atoms with E-state index in [1.807, 2.05) is 6.20 Å². The van der Waals surface area contributed by atoms with E-state index in [1.165, 1.54) is 17.2 Å². The van der Waals surface area contributed by atoms with E-state index in [2.05, 4.69) is 40.1 Å². The second-order valence-corrected chi connectivity index (χ2v) is 8.04. The first kappa shape index (κ1) is 18.2. The Morgan fingerprint density at radius 2 is 2.07 bits per heavy atom. The molecule has 2 aliphatic rings. The minimum Gasteiger partial charge on any atom is -0.385 e. The Balaban J connectivity index is 1.54. The average molecular weight is 367 g/mol. The first-order valence-corrected chi connectivity index (χ1v) is 10.1. The van der Waals surface area contributed by atoms with Gasteiger partial charge in [0.2, 0.25) is 5.91 Å². The van der Waals surface area contributed by atoms with Crippen LogP contribution >= 0.6 is 0 Å². The summed E-state index contributed by atoms with van der Waals surface area (Å²) in [4.78, 5) is 21.7. The third-order valence-electron chi connectivity index (χ3n) is 6.14. The summed E-state index contributed by atoms with van der Waals surface area (Å²) in [6.07, 6.45) is 6.85. The Hall–Kier alpha value is -2.14. The van der Waals surface area contributed by atoms with Crippen molar-refractivity contribution >= 4 is 22.5 Å². The maximum Gasteiger partial charge on any atom is 0.222 e. The van der Waals surface area contributed by atoms with E-state index in [1.54, 1.807) is 7.11 Å². The zero-order valence-electron chi connectivity index (χ0n) is 16.2. The van der Waals surface area contributed by atoms with Crippen molar-refractivity contribution in [3.8, 4) is 0 Å². The number of methoxy groups -OCH3 is 1. The van der Waals surface area contributed by atoms with E-state index in [0.717, 1.165) is 51.3 Å². The molecule has 0 unspecified atom stereocenters. The van der Waals surface area contributed by atoms with Gasteiger partial charge in [0.1, 0.15) is 5.82 Å². The molecular weight excluding hydrogens is 338 g/mol. The number of hydrogen-bond donors (Lipinski definition) is 0. The number of amides is 1. The van der Waals surface area contributed by atoms with Crippen LogP contribution in [0.4, 0.5) is 5.82 Å². The minimum atomic E-state index is 0.192. The second kappa shape index (κ2) is 7.85. The molecular formula is C22H29N3O2. The van der Waals surface area contributed by atoms with Crippen LogP contribution in [-0.2, 0) is 9.53 Å². The van der Waals surface area contributed by atoms with Crippen LogP contribution in [0.2, 0.25) is 0 Å². The summed E-state index contributed by atoms with van der Waals surface area (Å²) >= 11 is 0. The Morgan fingerprint density at radius 3 is 2.96 bits per heavy atom. The second-order valence-electron chi connectivity index (χ2n) is 8.04. The molecule has 2 saturated heterocycles. The molecule has 0 N–H and O–H groups in total. The highest BCUT2D eigenvalue weighted by molar-refractivity contribution is 5.92. The molecule has 0 aliphatic carbocycles. The van der Waals surface area contributed by atoms with E-state index >= 15 is 0 Å². The number of piperidine rings is 2. The lowest BCUT2D eigenvalue weighted by Crippen LogP contribution is -2.54. The normalized spacial score (nSPS) is 23.4. The van der Waals surface area contributed by atoms with Gasteiger partial charge in [0, 0.05) is 63.3 Å². The first-order valence-electron chi connectivity index (χ1n) is 10.1. The summed E-state index contributed by atoms with van der Waals surface area (Å²) in [6.45, 7) is 4.42. The monoisotopic (exact) mass is 367 g/mol. The zero-order valence-corrected chi connectivity index (χ0v) is 16.2. The van der Waals surface area contributed by atoms with Crippen LogP contribution in [-0.4, -0.2) is 55.7 Å². The quantitative estimate of drug-likeness (QED) is 0.759. The first-order chi connectivity index (χ1) is 13.2. The fraction of sp³-hybridized carbons (Fsp3) is 0.545. The van der Waals surface area contributed by atoms with Crippen molar-refractivity contribution in [2.45, 2.75) is 32.1 Å². The lowest BCUT2D eigenvalue weighted by molar-refractivity contribution is -0.138. The highest BCUT2D eigenvalue weighted by Crippen LogP contribution is 2.41. The summed E-state index contributed by atoms with van der Waals surface area (Å²) in [6, 6.07) is 10.6. The molecule has 1 atom stereocenters. The number of hydrogen-bond acceptors (Lipinski definition) is 4. The summed E-state index contributed by atoms with van der Waals surface area (Å²) in [5.41, 5.74) is 0.192.